The van der Waals surface area contributed by atoms with Gasteiger partial charge in [-0.05, 0) is 44.2 Å². The average molecular weight is 382 g/mol. The Morgan fingerprint density at radius 1 is 1.00 bits per heavy atom. The highest BCUT2D eigenvalue weighted by Gasteiger charge is 2.27. The van der Waals surface area contributed by atoms with Crippen molar-refractivity contribution < 1.29 is 4.74 Å². The second-order valence-corrected chi connectivity index (χ2v) is 7.78. The van der Waals surface area contributed by atoms with Crippen molar-refractivity contribution in [3.63, 3.8) is 0 Å². The van der Waals surface area contributed by atoms with Gasteiger partial charge in [0, 0.05) is 63.3 Å². The average Bonchev–Trinajstić information content (AvgIpc) is 2.75. The van der Waals surface area contributed by atoms with E-state index in [9.17, 15) is 0 Å². The van der Waals surface area contributed by atoms with Gasteiger partial charge in [0.15, 0.2) is 0 Å². The summed E-state index contributed by atoms with van der Waals surface area (Å²) in [7, 11) is 3.95. The third kappa shape index (κ3) is 4.39. The Morgan fingerprint density at radius 2 is 1.79 bits per heavy atom. The van der Waals surface area contributed by atoms with E-state index in [1.165, 1.54) is 44.7 Å². The molecule has 6 nitrogen and oxygen atoms in total. The summed E-state index contributed by atoms with van der Waals surface area (Å²) in [6.07, 6.45) is 4.26. The van der Waals surface area contributed by atoms with Crippen LogP contribution in [0.3, 0.4) is 0 Å². The van der Waals surface area contributed by atoms with Gasteiger partial charge < -0.3 is 19.9 Å². The fraction of sp³-hybridized carbons (Fsp3) is 0.500. The van der Waals surface area contributed by atoms with Gasteiger partial charge in [-0.3, -0.25) is 4.90 Å². The number of nitrogens with zero attached hydrogens (tertiary/aromatic N) is 4. The summed E-state index contributed by atoms with van der Waals surface area (Å²) < 4.78 is 5.65. The predicted molar refractivity (Wildman–Crippen MR) is 115 cm³/mol. The number of anilines is 3. The van der Waals surface area contributed by atoms with Crippen molar-refractivity contribution in [3.05, 3.63) is 42.6 Å². The molecule has 2 aliphatic heterocycles. The van der Waals surface area contributed by atoms with Crippen LogP contribution >= 0.6 is 0 Å². The molecule has 0 spiro atoms. The Labute approximate surface area is 168 Å². The summed E-state index contributed by atoms with van der Waals surface area (Å²) in [5, 5.41) is 3.34. The van der Waals surface area contributed by atoms with Gasteiger partial charge in [0.2, 0.25) is 0 Å². The first-order valence-electron chi connectivity index (χ1n) is 10.3. The van der Waals surface area contributed by atoms with E-state index in [1.807, 2.05) is 18.2 Å². The number of hydrogen-bond donors (Lipinski definition) is 1. The molecule has 2 saturated heterocycles. The number of aromatic nitrogens is 1. The quantitative estimate of drug-likeness (QED) is 0.859. The van der Waals surface area contributed by atoms with E-state index in [4.69, 9.17) is 4.74 Å². The molecular formula is C22H31N5O. The Kier molecular flexibility index (Phi) is 5.98. The van der Waals surface area contributed by atoms with Crippen molar-refractivity contribution in [2.75, 3.05) is 63.6 Å². The first-order chi connectivity index (χ1) is 13.7. The lowest BCUT2D eigenvalue weighted by atomic mass is 10.0. The van der Waals surface area contributed by atoms with Crippen LogP contribution in [0, 0.1) is 0 Å². The highest BCUT2D eigenvalue weighted by atomic mass is 16.5. The number of benzene rings is 1. The Bertz CT molecular complexity index is 753. The van der Waals surface area contributed by atoms with Gasteiger partial charge in [-0.15, -0.1) is 0 Å². The Hall–Kier alpha value is -2.31. The maximum atomic E-state index is 5.65. The van der Waals surface area contributed by atoms with E-state index in [1.54, 1.807) is 13.3 Å². The zero-order valence-electron chi connectivity index (χ0n) is 17.0. The van der Waals surface area contributed by atoms with Crippen LogP contribution in [0.15, 0.2) is 42.6 Å². The third-order valence-electron chi connectivity index (χ3n) is 6.00. The second kappa shape index (κ2) is 8.80. The first-order valence-corrected chi connectivity index (χ1v) is 10.3. The van der Waals surface area contributed by atoms with E-state index >= 15 is 0 Å². The number of pyridine rings is 1. The van der Waals surface area contributed by atoms with E-state index in [0.29, 0.717) is 0 Å². The number of piperazine rings is 1. The summed E-state index contributed by atoms with van der Waals surface area (Å²) in [5.74, 6) is 1.67. The van der Waals surface area contributed by atoms with Gasteiger partial charge in [-0.25, -0.2) is 4.98 Å². The molecule has 0 radical (unpaired) electrons. The van der Waals surface area contributed by atoms with Gasteiger partial charge in [-0.2, -0.15) is 0 Å². The monoisotopic (exact) mass is 381 g/mol. The van der Waals surface area contributed by atoms with Gasteiger partial charge in [0.1, 0.15) is 11.6 Å². The fourth-order valence-electron chi connectivity index (χ4n) is 4.23. The zero-order valence-corrected chi connectivity index (χ0v) is 17.0. The maximum absolute atomic E-state index is 5.65. The molecule has 2 aromatic rings. The molecule has 3 heterocycles. The van der Waals surface area contributed by atoms with E-state index in [-0.39, 0.29) is 0 Å². The van der Waals surface area contributed by atoms with Crippen LogP contribution in [0.2, 0.25) is 0 Å². The molecule has 0 unspecified atom stereocenters. The summed E-state index contributed by atoms with van der Waals surface area (Å²) in [4.78, 5) is 11.9. The Balaban J connectivity index is 1.38. The van der Waals surface area contributed by atoms with E-state index in [2.05, 4.69) is 50.2 Å². The summed E-state index contributed by atoms with van der Waals surface area (Å²) in [5.41, 5.74) is 2.18. The molecule has 0 bridgehead atoms. The first kappa shape index (κ1) is 19.0. The molecule has 1 aromatic carbocycles. The molecule has 4 rings (SSSR count). The molecule has 150 valence electrons. The van der Waals surface area contributed by atoms with Crippen molar-refractivity contribution in [3.8, 4) is 5.75 Å². The summed E-state index contributed by atoms with van der Waals surface area (Å²) >= 11 is 0. The van der Waals surface area contributed by atoms with E-state index in [0.717, 1.165) is 36.4 Å². The maximum Gasteiger partial charge on any atom is 0.144 e. The topological polar surface area (TPSA) is 43.9 Å². The number of likely N-dealkylation sites (N-methyl/N-ethyl adjacent to an activating group) is 1. The SMILES string of the molecule is COc1cc(N2CCC(N3CCN(C)CC3)CC2)ccc1Nc1ccccn1. The minimum atomic E-state index is 0.733. The molecule has 0 saturated carbocycles. The standard InChI is InChI=1S/C22H31N5O/c1-25-13-15-27(16-14-25)18-8-11-26(12-9-18)19-6-7-20(21(17-19)28-2)24-22-5-3-4-10-23-22/h3-7,10,17-18H,8-9,11-16H2,1-2H3,(H,23,24). The molecule has 0 aliphatic carbocycles. The molecule has 2 fully saturated rings. The van der Waals surface area contributed by atoms with Gasteiger partial charge in [0.25, 0.3) is 0 Å². The third-order valence-corrected chi connectivity index (χ3v) is 6.00. The fourth-order valence-corrected chi connectivity index (χ4v) is 4.23. The van der Waals surface area contributed by atoms with Gasteiger partial charge in [0.05, 0.1) is 12.8 Å². The van der Waals surface area contributed by atoms with Crippen molar-refractivity contribution >= 4 is 17.2 Å². The predicted octanol–water partition coefficient (Wildman–Crippen LogP) is 3.05. The molecule has 2 aliphatic rings. The minimum absolute atomic E-state index is 0.733. The zero-order chi connectivity index (χ0) is 19.3. The van der Waals surface area contributed by atoms with Gasteiger partial charge >= 0.3 is 0 Å². The molecule has 6 heteroatoms. The van der Waals surface area contributed by atoms with Crippen LogP contribution < -0.4 is 15.0 Å². The Morgan fingerprint density at radius 3 is 2.46 bits per heavy atom. The number of methoxy groups -OCH3 is 1. The molecule has 0 atom stereocenters. The summed E-state index contributed by atoms with van der Waals surface area (Å²) in [6, 6.07) is 13.0. The molecule has 1 N–H and O–H groups in total. The van der Waals surface area contributed by atoms with Gasteiger partial charge in [-0.1, -0.05) is 6.07 Å². The largest absolute Gasteiger partial charge is 0.494 e. The lowest BCUT2D eigenvalue weighted by Crippen LogP contribution is -2.52. The number of hydrogen-bond acceptors (Lipinski definition) is 6. The number of rotatable bonds is 5. The lowest BCUT2D eigenvalue weighted by molar-refractivity contribution is 0.0982. The van der Waals surface area contributed by atoms with Crippen molar-refractivity contribution in [2.45, 2.75) is 18.9 Å². The minimum Gasteiger partial charge on any atom is -0.494 e. The second-order valence-electron chi connectivity index (χ2n) is 7.78. The van der Waals surface area contributed by atoms with Crippen LogP contribution in [-0.2, 0) is 0 Å². The molecule has 28 heavy (non-hydrogen) atoms. The number of nitrogens with one attached hydrogen (secondary N) is 1. The van der Waals surface area contributed by atoms with Crippen LogP contribution in [-0.4, -0.2) is 74.3 Å². The van der Waals surface area contributed by atoms with E-state index < -0.39 is 0 Å². The highest BCUT2D eigenvalue weighted by Crippen LogP contribution is 2.33. The number of ether oxygens (including phenoxy) is 1. The lowest BCUT2D eigenvalue weighted by Gasteiger charge is -2.42. The van der Waals surface area contributed by atoms with Crippen LogP contribution in [0.1, 0.15) is 12.8 Å². The number of piperidine rings is 1. The summed E-state index contributed by atoms with van der Waals surface area (Å²) in [6.45, 7) is 7.02. The van der Waals surface area contributed by atoms with Crippen molar-refractivity contribution in [2.24, 2.45) is 0 Å². The highest BCUT2D eigenvalue weighted by molar-refractivity contribution is 5.69. The molecular weight excluding hydrogens is 350 g/mol. The van der Waals surface area contributed by atoms with Crippen LogP contribution in [0.4, 0.5) is 17.2 Å². The van der Waals surface area contributed by atoms with Crippen molar-refractivity contribution in [1.82, 2.24) is 14.8 Å². The molecule has 1 aromatic heterocycles. The molecule has 0 amide bonds. The normalized spacial score (nSPS) is 19.6. The van der Waals surface area contributed by atoms with Crippen molar-refractivity contribution in [1.29, 1.82) is 0 Å². The van der Waals surface area contributed by atoms with Crippen LogP contribution in [0.5, 0.6) is 5.75 Å². The van der Waals surface area contributed by atoms with Crippen LogP contribution in [0.25, 0.3) is 0 Å². The smallest absolute Gasteiger partial charge is 0.144 e.